The summed E-state index contributed by atoms with van der Waals surface area (Å²) in [6.45, 7) is 9.76. The Hall–Kier alpha value is -0.810. The Bertz CT molecular complexity index is 374. The number of ether oxygens (including phenoxy) is 1. The van der Waals surface area contributed by atoms with E-state index in [1.165, 1.54) is 7.11 Å². The summed E-state index contributed by atoms with van der Waals surface area (Å²) in [4.78, 5) is 12.5. The van der Waals surface area contributed by atoms with Gasteiger partial charge in [-0.25, -0.2) is 0 Å². The summed E-state index contributed by atoms with van der Waals surface area (Å²) in [7, 11) is 6.60. The van der Waals surface area contributed by atoms with Gasteiger partial charge in [0.25, 0.3) is 0 Å². The van der Waals surface area contributed by atoms with Crippen molar-refractivity contribution >= 4 is 27.6 Å². The third-order valence-corrected chi connectivity index (χ3v) is 5.69. The predicted molar refractivity (Wildman–Crippen MR) is 87.0 cm³/mol. The molecule has 0 fully saturated rings. The van der Waals surface area contributed by atoms with Crippen LogP contribution in [-0.2, 0) is 9.53 Å². The summed E-state index contributed by atoms with van der Waals surface area (Å²) in [5.74, 6) is -0.185. The molecule has 0 aliphatic rings. The van der Waals surface area contributed by atoms with E-state index in [0.29, 0.717) is 6.42 Å². The highest BCUT2D eigenvalue weighted by atomic mass is 33.1. The summed E-state index contributed by atoms with van der Waals surface area (Å²) in [5.41, 5.74) is 1.02. The fourth-order valence-corrected chi connectivity index (χ4v) is 3.79. The predicted octanol–water partition coefficient (Wildman–Crippen LogP) is 3.90. The van der Waals surface area contributed by atoms with E-state index in [0.717, 1.165) is 10.6 Å². The molecule has 0 aromatic rings. The number of carbonyl (C=O) groups excluding carboxylic acids is 1. The molecule has 5 heteroatoms. The van der Waals surface area contributed by atoms with E-state index in [-0.39, 0.29) is 10.7 Å². The number of hydrogen-bond acceptors (Lipinski definition) is 5. The molecule has 0 aromatic heterocycles. The van der Waals surface area contributed by atoms with Gasteiger partial charge >= 0.3 is 5.97 Å². The van der Waals surface area contributed by atoms with Gasteiger partial charge in [-0.05, 0) is 26.8 Å². The van der Waals surface area contributed by atoms with Crippen molar-refractivity contribution in [2.75, 3.05) is 14.2 Å². The van der Waals surface area contributed by atoms with Gasteiger partial charge in [0.15, 0.2) is 0 Å². The maximum Gasteiger partial charge on any atom is 0.306 e. The summed E-state index contributed by atoms with van der Waals surface area (Å²) in [5, 5.41) is 3.14. The lowest BCUT2D eigenvalue weighted by Gasteiger charge is -2.22. The number of rotatable bonds is 8. The number of likely N-dealkylation sites (N-methyl/N-ethyl adjacent to an activating group) is 1. The summed E-state index contributed by atoms with van der Waals surface area (Å²) in [6, 6.07) is 0. The molecule has 0 aliphatic carbocycles. The molecule has 0 aliphatic heterocycles. The lowest BCUT2D eigenvalue weighted by molar-refractivity contribution is -0.141. The van der Waals surface area contributed by atoms with Gasteiger partial charge < -0.3 is 10.1 Å². The Kier molecular flexibility index (Phi) is 8.76. The van der Waals surface area contributed by atoms with Crippen LogP contribution in [0.25, 0.3) is 0 Å². The van der Waals surface area contributed by atoms with E-state index in [9.17, 15) is 4.79 Å². The van der Waals surface area contributed by atoms with Crippen LogP contribution in [0.1, 0.15) is 27.2 Å². The first-order valence-electron chi connectivity index (χ1n) is 5.99. The number of carbonyl (C=O) groups is 1. The lowest BCUT2D eigenvalue weighted by atomic mass is 10.1. The molecule has 19 heavy (non-hydrogen) atoms. The molecule has 0 heterocycles. The molecule has 0 amide bonds. The van der Waals surface area contributed by atoms with Gasteiger partial charge in [-0.1, -0.05) is 40.3 Å². The van der Waals surface area contributed by atoms with Crippen LogP contribution in [0.15, 0.2) is 35.4 Å². The smallest absolute Gasteiger partial charge is 0.306 e. The Morgan fingerprint density at radius 1 is 1.47 bits per heavy atom. The third kappa shape index (κ3) is 7.38. The van der Waals surface area contributed by atoms with Crippen LogP contribution in [0.2, 0.25) is 0 Å². The minimum Gasteiger partial charge on any atom is -0.469 e. The zero-order valence-electron chi connectivity index (χ0n) is 12.3. The summed E-state index contributed by atoms with van der Waals surface area (Å²) >= 11 is 0. The fraction of sp³-hybridized carbons (Fsp3) is 0.500. The largest absolute Gasteiger partial charge is 0.469 e. The van der Waals surface area contributed by atoms with E-state index >= 15 is 0 Å². The minimum absolute atomic E-state index is 0.181. The third-order valence-electron chi connectivity index (χ3n) is 2.24. The number of esters is 1. The van der Waals surface area contributed by atoms with E-state index in [1.54, 1.807) is 27.7 Å². The number of allylic oxidation sites excluding steroid dienone is 3. The zero-order valence-corrected chi connectivity index (χ0v) is 13.9. The average Bonchev–Trinajstić information content (AvgIpc) is 2.37. The van der Waals surface area contributed by atoms with Crippen molar-refractivity contribution in [3.8, 4) is 0 Å². The molecule has 0 unspecified atom stereocenters. The van der Waals surface area contributed by atoms with Gasteiger partial charge in [-0.2, -0.15) is 0 Å². The lowest BCUT2D eigenvalue weighted by Crippen LogP contribution is -2.20. The molecule has 0 rings (SSSR count). The normalized spacial score (nSPS) is 13.1. The molecule has 0 atom stereocenters. The van der Waals surface area contributed by atoms with Crippen molar-refractivity contribution in [3.63, 3.8) is 0 Å². The van der Waals surface area contributed by atoms with Crippen molar-refractivity contribution in [2.24, 2.45) is 0 Å². The second-order valence-electron chi connectivity index (χ2n) is 4.40. The molecule has 1 N–H and O–H groups in total. The van der Waals surface area contributed by atoms with Gasteiger partial charge in [0.05, 0.1) is 13.5 Å². The first-order chi connectivity index (χ1) is 8.90. The van der Waals surface area contributed by atoms with Crippen LogP contribution < -0.4 is 5.32 Å². The Morgan fingerprint density at radius 2 is 2.11 bits per heavy atom. The highest BCUT2D eigenvalue weighted by Crippen LogP contribution is 2.43. The van der Waals surface area contributed by atoms with Gasteiger partial charge in [-0.15, -0.1) is 0 Å². The molecule has 3 nitrogen and oxygen atoms in total. The number of hydrogen-bond donors (Lipinski definition) is 1. The van der Waals surface area contributed by atoms with Crippen LogP contribution in [0, 0.1) is 0 Å². The highest BCUT2D eigenvalue weighted by Gasteiger charge is 2.24. The maximum atomic E-state index is 11.3. The van der Waals surface area contributed by atoms with Crippen molar-refractivity contribution in [1.29, 1.82) is 0 Å². The first-order valence-corrected chi connectivity index (χ1v) is 8.14. The summed E-state index contributed by atoms with van der Waals surface area (Å²) in [6.07, 6.45) is 6.10. The van der Waals surface area contributed by atoms with Crippen molar-refractivity contribution < 1.29 is 9.53 Å². The monoisotopic (exact) mass is 301 g/mol. The standard InChI is InChI=1S/C14H23NO2S2/c1-7-9-11(15-5)12(8-2)18-19-14(3,4)10-13(16)17-6/h7-9,15H,1,10H2,2-6H3/b11-9+,12-8+. The molecular formula is C14H23NO2S2. The van der Waals surface area contributed by atoms with Gasteiger partial charge in [0.2, 0.25) is 0 Å². The number of nitrogens with one attached hydrogen (secondary N) is 1. The van der Waals surface area contributed by atoms with Crippen LogP contribution >= 0.6 is 21.6 Å². The number of methoxy groups -OCH3 is 1. The Balaban J connectivity index is 4.63. The van der Waals surface area contributed by atoms with Gasteiger partial charge in [-0.3, -0.25) is 4.79 Å². The molecule has 0 aromatic carbocycles. The highest BCUT2D eigenvalue weighted by molar-refractivity contribution is 8.78. The van der Waals surface area contributed by atoms with Gasteiger partial charge in [0, 0.05) is 22.4 Å². The Labute approximate surface area is 124 Å². The van der Waals surface area contributed by atoms with Crippen molar-refractivity contribution in [2.45, 2.75) is 31.9 Å². The van der Waals surface area contributed by atoms with Crippen molar-refractivity contribution in [1.82, 2.24) is 5.32 Å². The van der Waals surface area contributed by atoms with E-state index in [1.807, 2.05) is 40.0 Å². The quantitative estimate of drug-likeness (QED) is 0.418. The molecule has 0 spiro atoms. The van der Waals surface area contributed by atoms with E-state index < -0.39 is 0 Å². The van der Waals surface area contributed by atoms with Crippen LogP contribution in [0.5, 0.6) is 0 Å². The van der Waals surface area contributed by atoms with Crippen LogP contribution in [-0.4, -0.2) is 24.9 Å². The molecule has 0 radical (unpaired) electrons. The SMILES string of the molecule is C=C/C=C(NC)\C(=C/C)SSC(C)(C)CC(=O)OC. The average molecular weight is 301 g/mol. The second kappa shape index (κ2) is 9.15. The van der Waals surface area contributed by atoms with E-state index in [4.69, 9.17) is 4.74 Å². The molecule has 108 valence electrons. The first kappa shape index (κ1) is 18.2. The van der Waals surface area contributed by atoms with E-state index in [2.05, 4.69) is 11.9 Å². The van der Waals surface area contributed by atoms with Gasteiger partial charge in [0.1, 0.15) is 0 Å². The molecular weight excluding hydrogens is 278 g/mol. The zero-order chi connectivity index (χ0) is 14.9. The minimum atomic E-state index is -0.185. The summed E-state index contributed by atoms with van der Waals surface area (Å²) < 4.78 is 4.53. The second-order valence-corrected chi connectivity index (χ2v) is 7.28. The van der Waals surface area contributed by atoms with Crippen LogP contribution in [0.3, 0.4) is 0 Å². The fourth-order valence-electron chi connectivity index (χ4n) is 1.26. The maximum absolute atomic E-state index is 11.3. The molecule has 0 saturated heterocycles. The Morgan fingerprint density at radius 3 is 2.53 bits per heavy atom. The molecule has 0 saturated carbocycles. The molecule has 0 bridgehead atoms. The topological polar surface area (TPSA) is 38.3 Å². The van der Waals surface area contributed by atoms with Crippen molar-refractivity contribution in [3.05, 3.63) is 35.4 Å². The van der Waals surface area contributed by atoms with Crippen LogP contribution in [0.4, 0.5) is 0 Å².